The summed E-state index contributed by atoms with van der Waals surface area (Å²) in [5.41, 5.74) is 10.2. The first-order valence-corrected chi connectivity index (χ1v) is 40.4. The summed E-state index contributed by atoms with van der Waals surface area (Å²) in [6.45, 7) is 16.4. The molecule has 107 heavy (non-hydrogen) atoms. The molecule has 3 unspecified atom stereocenters. The Morgan fingerprint density at radius 3 is 2.00 bits per heavy atom. The van der Waals surface area contributed by atoms with Crippen LogP contribution in [0.1, 0.15) is 152 Å². The van der Waals surface area contributed by atoms with E-state index >= 15 is 0 Å². The summed E-state index contributed by atoms with van der Waals surface area (Å²) in [5, 5.41) is 32.6. The van der Waals surface area contributed by atoms with Crippen molar-refractivity contribution in [3.63, 3.8) is 0 Å². The summed E-state index contributed by atoms with van der Waals surface area (Å²) in [5.74, 6) is -1.60. The minimum Gasteiger partial charge on any atom is -0.446 e. The second-order valence-electron chi connectivity index (χ2n) is 28.1. The molecule has 2 fully saturated rings. The van der Waals surface area contributed by atoms with Gasteiger partial charge in [-0.25, -0.2) is 9.48 Å². The van der Waals surface area contributed by atoms with Crippen LogP contribution >= 0.6 is 23.5 Å². The van der Waals surface area contributed by atoms with Gasteiger partial charge in [-0.3, -0.25) is 48.6 Å². The van der Waals surface area contributed by atoms with Crippen molar-refractivity contribution in [3.8, 4) is 33.8 Å². The van der Waals surface area contributed by atoms with Crippen molar-refractivity contribution >= 4 is 82.3 Å². The summed E-state index contributed by atoms with van der Waals surface area (Å²) < 4.78 is 30.6. The van der Waals surface area contributed by atoms with E-state index in [1.54, 1.807) is 9.58 Å². The normalized spacial score (nSPS) is 17.4. The number of alkyl carbamates (subject to hydrolysis) is 1. The maximum atomic E-state index is 14.6. The Morgan fingerprint density at radius 2 is 1.31 bits per heavy atom. The van der Waals surface area contributed by atoms with Crippen LogP contribution in [-0.2, 0) is 94.5 Å². The Bertz CT molecular complexity index is 3820. The fourth-order valence-electron chi connectivity index (χ4n) is 13.7. The second-order valence-corrected chi connectivity index (χ2v) is 30.4. The first-order valence-electron chi connectivity index (χ1n) is 38.1. The number of thioether (sulfide) groups is 2. The zero-order valence-corrected chi connectivity index (χ0v) is 64.7. The highest BCUT2D eigenvalue weighted by Crippen LogP contribution is 2.42. The summed E-state index contributed by atoms with van der Waals surface area (Å²) in [6, 6.07) is 22.6. The number of benzene rings is 3. The van der Waals surface area contributed by atoms with Crippen LogP contribution in [0.4, 0.5) is 10.5 Å². The van der Waals surface area contributed by atoms with Crippen LogP contribution in [0.3, 0.4) is 0 Å². The van der Waals surface area contributed by atoms with Gasteiger partial charge < -0.3 is 49.9 Å². The number of anilines is 1. The maximum absolute atomic E-state index is 14.6. The number of hydrogen-bond donors (Lipinski definition) is 5. The fraction of sp³-hybridized carbons (Fsp3) is 0.582. The number of nitrogens with one attached hydrogen (secondary N) is 5. The smallest absolute Gasteiger partial charge is 0.407 e. The maximum Gasteiger partial charge on any atom is 0.407 e. The largest absolute Gasteiger partial charge is 0.446 e. The predicted octanol–water partition coefficient (Wildman–Crippen LogP) is 8.88. The van der Waals surface area contributed by atoms with E-state index in [0.29, 0.717) is 135 Å². The average Bonchev–Trinajstić information content (AvgIpc) is 1.70. The lowest BCUT2D eigenvalue weighted by Gasteiger charge is -2.28. The van der Waals surface area contributed by atoms with E-state index in [9.17, 15) is 43.2 Å². The average molecular weight is 1510 g/mol. The van der Waals surface area contributed by atoms with Gasteiger partial charge in [0, 0.05) is 107 Å². The number of Topliss-reactive ketones (excluding diaryl/α,β-unsaturated/α-hetero) is 2. The van der Waals surface area contributed by atoms with Gasteiger partial charge in [0.25, 0.3) is 0 Å². The van der Waals surface area contributed by atoms with Gasteiger partial charge in [0.1, 0.15) is 17.8 Å². The van der Waals surface area contributed by atoms with E-state index < -0.39 is 17.4 Å². The number of nitrogens with zero attached hydrogens (tertiary/aromatic N) is 7. The summed E-state index contributed by atoms with van der Waals surface area (Å²) in [4.78, 5) is 123. The van der Waals surface area contributed by atoms with Crippen LogP contribution in [0.25, 0.3) is 33.8 Å². The van der Waals surface area contributed by atoms with Crippen LogP contribution in [0.2, 0.25) is 0 Å². The monoisotopic (exact) mass is 1510 g/mol. The van der Waals surface area contributed by atoms with Gasteiger partial charge in [-0.1, -0.05) is 99.6 Å². The molecule has 5 aromatic rings. The SMILES string of the molecule is CCCOCCOCCOCCOCCn1nnc2c1-c1ccccc1N(C(=O)CCC(=O)NCC[C@H](CCNC(=O)CCN1C(=O)CC(SCCC(=O)NCC(C)(CC)CC)C1=O)CCNC(=O)O[C@H]1CCCc3c(-c4ccc(CNC5C(=O)CC(SC)C5=O)cc4)nnc(C)c3CC1)Cc1ccccc1-2. The molecule has 0 bridgehead atoms. The van der Waals surface area contributed by atoms with Crippen molar-refractivity contribution in [2.75, 3.05) is 102 Å². The lowest BCUT2D eigenvalue weighted by Crippen LogP contribution is -2.39. The lowest BCUT2D eigenvalue weighted by molar-refractivity contribution is -0.139. The molecule has 9 rings (SSSR count). The number of carbonyl (C=O) groups excluding carboxylic acids is 9. The van der Waals surface area contributed by atoms with Crippen LogP contribution in [0.15, 0.2) is 72.8 Å². The van der Waals surface area contributed by atoms with Crippen LogP contribution in [0, 0.1) is 18.3 Å². The number of ether oxygens (including phenoxy) is 5. The van der Waals surface area contributed by atoms with Crippen molar-refractivity contribution in [2.45, 2.75) is 186 Å². The lowest BCUT2D eigenvalue weighted by atomic mass is 9.85. The molecule has 5 atom stereocenters. The van der Waals surface area contributed by atoms with Gasteiger partial charge in [-0.05, 0) is 123 Å². The molecule has 5 N–H and O–H groups in total. The number of fused-ring (bicyclic) bond motifs is 6. The molecule has 0 spiro atoms. The molecule has 1 saturated carbocycles. The first kappa shape index (κ1) is 83.1. The van der Waals surface area contributed by atoms with Crippen LogP contribution in [0.5, 0.6) is 0 Å². The number of amides is 7. The quantitative estimate of drug-likeness (QED) is 0.0138. The van der Waals surface area contributed by atoms with E-state index in [0.717, 1.165) is 86.6 Å². The number of aryl methyl sites for hydroxylation is 1. The predicted molar refractivity (Wildman–Crippen MR) is 411 cm³/mol. The highest BCUT2D eigenvalue weighted by Gasteiger charge is 2.41. The third kappa shape index (κ3) is 24.3. The van der Waals surface area contributed by atoms with Crippen molar-refractivity contribution in [1.82, 2.24) is 56.7 Å². The highest BCUT2D eigenvalue weighted by molar-refractivity contribution is 8.00. The Balaban J connectivity index is 0.767. The Hall–Kier alpha value is -7.99. The van der Waals surface area contributed by atoms with E-state index in [1.807, 2.05) is 86.0 Å². The Labute approximate surface area is 636 Å². The number of imide groups is 1. The van der Waals surface area contributed by atoms with Gasteiger partial charge in [-0.2, -0.15) is 16.9 Å². The molecule has 2 aliphatic carbocycles. The Kier molecular flexibility index (Phi) is 33.1. The molecule has 2 aromatic heterocycles. The number of likely N-dealkylation sites (tertiary alicyclic amines) is 1. The number of aromatic nitrogens is 5. The minimum atomic E-state index is -0.785. The number of hydrogen-bond acceptors (Lipinski definition) is 21. The van der Waals surface area contributed by atoms with Crippen molar-refractivity contribution in [1.29, 1.82) is 0 Å². The standard InChI is InChI=1S/C79H108N12O14S2/c1-7-39-101-41-43-103-45-46-104-44-42-102-40-38-91-75-62-18-12-13-20-63(62)90(51-57-15-10-11-17-60(57)73(75)87-88-91)70(96)28-27-67(93)80-34-29-54(30-35-81-68(94)32-37-89-71(97)49-66(77(89)99)107-47-33-69(95)84-52-79(5,8-2)9-3)31-36-82-78(100)105-58-16-14-19-61-59(26-25-58)53(4)85-86-72(61)56-23-21-55(22-24-56)50-83-74-64(92)48-65(106-6)76(74)98/h10-13,15,17-18,20-24,54,58,65-66,74,83H,7-9,14,16,19,25-52H2,1-6H3,(H,80,93)(H,81,94)(H,82,100)(H,84,95)/t54-,58+,65?,66?,74?/m1/s1. The first-order chi connectivity index (χ1) is 51.9. The van der Waals surface area contributed by atoms with Gasteiger partial charge in [-0.15, -0.1) is 22.0 Å². The minimum absolute atomic E-state index is 0.00550. The molecule has 0 radical (unpaired) electrons. The Morgan fingerprint density at radius 1 is 0.654 bits per heavy atom. The molecule has 580 valence electrons. The summed E-state index contributed by atoms with van der Waals surface area (Å²) in [6.07, 6.45) is 8.67. The van der Waals surface area contributed by atoms with Gasteiger partial charge in [0.05, 0.1) is 92.6 Å². The van der Waals surface area contributed by atoms with Gasteiger partial charge in [0.2, 0.25) is 35.4 Å². The third-order valence-electron chi connectivity index (χ3n) is 20.6. The zero-order chi connectivity index (χ0) is 76.1. The highest BCUT2D eigenvalue weighted by atomic mass is 32.2. The summed E-state index contributed by atoms with van der Waals surface area (Å²) in [7, 11) is 0. The number of carbonyl (C=O) groups is 9. The van der Waals surface area contributed by atoms with Crippen LogP contribution < -0.4 is 31.5 Å². The van der Waals surface area contributed by atoms with E-state index in [-0.39, 0.29) is 141 Å². The second kappa shape index (κ2) is 42.7. The van der Waals surface area contributed by atoms with Crippen molar-refractivity contribution in [2.24, 2.45) is 11.3 Å². The molecule has 1 saturated heterocycles. The van der Waals surface area contributed by atoms with Crippen molar-refractivity contribution < 1.29 is 66.8 Å². The molecule has 26 nitrogen and oxygen atoms in total. The summed E-state index contributed by atoms with van der Waals surface area (Å²) >= 11 is 2.69. The van der Waals surface area contributed by atoms with E-state index in [2.05, 4.69) is 74.8 Å². The molecular weight excluding hydrogens is 1410 g/mol. The molecule has 4 aliphatic rings. The van der Waals surface area contributed by atoms with Gasteiger partial charge in [0.15, 0.2) is 11.6 Å². The third-order valence-corrected chi connectivity index (χ3v) is 22.8. The molecule has 2 aliphatic heterocycles. The van der Waals surface area contributed by atoms with E-state index in [1.165, 1.54) is 23.5 Å². The molecule has 3 aromatic carbocycles. The molecule has 7 amide bonds. The molecular formula is C79H108N12O14S2. The number of para-hydroxylation sites is 1. The van der Waals surface area contributed by atoms with Crippen LogP contribution in [-0.4, -0.2) is 203 Å². The van der Waals surface area contributed by atoms with Gasteiger partial charge >= 0.3 is 6.09 Å². The van der Waals surface area contributed by atoms with Crippen molar-refractivity contribution in [3.05, 3.63) is 101 Å². The molecule has 28 heteroatoms. The number of ketones is 2. The fourth-order valence-corrected chi connectivity index (χ4v) is 15.5. The molecule has 4 heterocycles. The topological polar surface area (TPSA) is 323 Å². The number of rotatable bonds is 43. The zero-order valence-electron chi connectivity index (χ0n) is 63.0. The van der Waals surface area contributed by atoms with E-state index in [4.69, 9.17) is 23.7 Å².